The Hall–Kier alpha value is -2.49. The highest BCUT2D eigenvalue weighted by atomic mass is 16.6. The van der Waals surface area contributed by atoms with Gasteiger partial charge in [0, 0.05) is 16.8 Å². The van der Waals surface area contributed by atoms with E-state index in [9.17, 15) is 4.79 Å². The van der Waals surface area contributed by atoms with Crippen LogP contribution in [-0.4, -0.2) is 25.3 Å². The number of esters is 1. The Morgan fingerprint density at radius 3 is 2.17 bits per heavy atom. The van der Waals surface area contributed by atoms with Gasteiger partial charge in [-0.05, 0) is 31.4 Å². The first-order chi connectivity index (χ1) is 14.7. The molecule has 0 spiro atoms. The third-order valence-corrected chi connectivity index (χ3v) is 5.10. The molecule has 0 saturated heterocycles. The summed E-state index contributed by atoms with van der Waals surface area (Å²) in [6, 6.07) is 12.0. The monoisotopic (exact) mass is 412 g/mol. The lowest BCUT2D eigenvalue weighted by Gasteiger charge is -2.19. The van der Waals surface area contributed by atoms with Gasteiger partial charge in [-0.2, -0.15) is 0 Å². The van der Waals surface area contributed by atoms with Gasteiger partial charge in [-0.25, -0.2) is 4.79 Å². The van der Waals surface area contributed by atoms with Crippen molar-refractivity contribution in [3.63, 3.8) is 0 Å². The number of fused-ring (bicyclic) bond motifs is 1. The van der Waals surface area contributed by atoms with Gasteiger partial charge in [0.15, 0.2) is 0 Å². The zero-order chi connectivity index (χ0) is 21.6. The standard InChI is InChI=1S/C26H36O4/c1-4-7-9-13-19-28-24-17-18-25(23-16-12-11-15-22(23)24)29-20-21(14-10-8-5-2)30-26(27)6-3/h6,11-12,15-18,21H,3-5,7-10,13-14,19-20H2,1-2H3. The van der Waals surface area contributed by atoms with Crippen molar-refractivity contribution in [2.75, 3.05) is 13.2 Å². The second-order valence-electron chi connectivity index (χ2n) is 7.59. The molecule has 2 aromatic carbocycles. The van der Waals surface area contributed by atoms with Crippen molar-refractivity contribution in [3.05, 3.63) is 49.1 Å². The summed E-state index contributed by atoms with van der Waals surface area (Å²) in [5, 5.41) is 2.04. The summed E-state index contributed by atoms with van der Waals surface area (Å²) in [6.07, 6.45) is 9.65. The fraction of sp³-hybridized carbons (Fsp3) is 0.500. The molecule has 2 rings (SSSR count). The van der Waals surface area contributed by atoms with Gasteiger partial charge in [-0.15, -0.1) is 0 Å². The fourth-order valence-electron chi connectivity index (χ4n) is 3.40. The normalized spacial score (nSPS) is 11.8. The van der Waals surface area contributed by atoms with E-state index in [1.807, 2.05) is 30.3 Å². The molecule has 0 aliphatic rings. The fourth-order valence-corrected chi connectivity index (χ4v) is 3.40. The molecule has 0 heterocycles. The molecule has 0 saturated carbocycles. The van der Waals surface area contributed by atoms with Crippen LogP contribution in [0.3, 0.4) is 0 Å². The van der Waals surface area contributed by atoms with E-state index in [1.165, 1.54) is 25.3 Å². The molecule has 0 bridgehead atoms. The van der Waals surface area contributed by atoms with Crippen LogP contribution in [-0.2, 0) is 9.53 Å². The average molecular weight is 413 g/mol. The first-order valence-corrected chi connectivity index (χ1v) is 11.3. The number of unbranched alkanes of at least 4 members (excludes halogenated alkanes) is 5. The Balaban J connectivity index is 2.06. The van der Waals surface area contributed by atoms with Crippen molar-refractivity contribution in [2.24, 2.45) is 0 Å². The van der Waals surface area contributed by atoms with E-state index in [0.29, 0.717) is 6.61 Å². The second-order valence-corrected chi connectivity index (χ2v) is 7.59. The first kappa shape index (κ1) is 23.8. The molecule has 1 atom stereocenters. The lowest BCUT2D eigenvalue weighted by molar-refractivity contribution is -0.144. The molecule has 1 unspecified atom stereocenters. The van der Waals surface area contributed by atoms with Crippen LogP contribution in [0.15, 0.2) is 49.1 Å². The van der Waals surface area contributed by atoms with Gasteiger partial charge < -0.3 is 14.2 Å². The maximum absolute atomic E-state index is 11.7. The molecule has 0 N–H and O–H groups in total. The Morgan fingerprint density at radius 1 is 0.900 bits per heavy atom. The first-order valence-electron chi connectivity index (χ1n) is 11.3. The van der Waals surface area contributed by atoms with Crippen LogP contribution < -0.4 is 9.47 Å². The summed E-state index contributed by atoms with van der Waals surface area (Å²) < 4.78 is 17.6. The van der Waals surface area contributed by atoms with E-state index in [0.717, 1.165) is 61.0 Å². The average Bonchev–Trinajstić information content (AvgIpc) is 2.77. The molecule has 0 aliphatic heterocycles. The lowest BCUT2D eigenvalue weighted by Crippen LogP contribution is -2.24. The van der Waals surface area contributed by atoms with Crippen molar-refractivity contribution in [1.82, 2.24) is 0 Å². The molecule has 0 amide bonds. The maximum Gasteiger partial charge on any atom is 0.330 e. The summed E-state index contributed by atoms with van der Waals surface area (Å²) in [5.41, 5.74) is 0. The van der Waals surface area contributed by atoms with E-state index in [4.69, 9.17) is 14.2 Å². The molecule has 0 aliphatic carbocycles. The van der Waals surface area contributed by atoms with E-state index >= 15 is 0 Å². The molecule has 4 nitrogen and oxygen atoms in total. The van der Waals surface area contributed by atoms with Gasteiger partial charge in [0.2, 0.25) is 0 Å². The quantitative estimate of drug-likeness (QED) is 0.182. The van der Waals surface area contributed by atoms with E-state index in [2.05, 4.69) is 26.5 Å². The molecule has 4 heteroatoms. The third kappa shape index (κ3) is 7.74. The topological polar surface area (TPSA) is 44.8 Å². The number of hydrogen-bond donors (Lipinski definition) is 0. The number of hydrogen-bond acceptors (Lipinski definition) is 4. The summed E-state index contributed by atoms with van der Waals surface area (Å²) in [7, 11) is 0. The van der Waals surface area contributed by atoms with Crippen LogP contribution >= 0.6 is 0 Å². The minimum atomic E-state index is -0.406. The highest BCUT2D eigenvalue weighted by molar-refractivity contribution is 5.93. The molecule has 30 heavy (non-hydrogen) atoms. The predicted molar refractivity (Wildman–Crippen MR) is 123 cm³/mol. The SMILES string of the molecule is C=CC(=O)OC(CCCCC)COc1ccc(OCCCCCC)c2ccccc12. The molecular formula is C26H36O4. The van der Waals surface area contributed by atoms with Gasteiger partial charge >= 0.3 is 5.97 Å². The Morgan fingerprint density at radius 2 is 1.53 bits per heavy atom. The van der Waals surface area contributed by atoms with Crippen LogP contribution in [0.25, 0.3) is 10.8 Å². The summed E-state index contributed by atoms with van der Waals surface area (Å²) >= 11 is 0. The van der Waals surface area contributed by atoms with E-state index in [1.54, 1.807) is 0 Å². The Kier molecular flexibility index (Phi) is 10.8. The van der Waals surface area contributed by atoms with Gasteiger partial charge in [0.25, 0.3) is 0 Å². The number of carbonyl (C=O) groups excluding carboxylic acids is 1. The third-order valence-electron chi connectivity index (χ3n) is 5.10. The molecule has 164 valence electrons. The minimum Gasteiger partial charge on any atom is -0.493 e. The number of rotatable bonds is 15. The van der Waals surface area contributed by atoms with Crippen LogP contribution in [0.1, 0.15) is 65.2 Å². The number of ether oxygens (including phenoxy) is 3. The molecule has 0 fully saturated rings. The zero-order valence-corrected chi connectivity index (χ0v) is 18.5. The molecule has 0 radical (unpaired) electrons. The predicted octanol–water partition coefficient (Wildman–Crippen LogP) is 6.86. The molecular weight excluding hydrogens is 376 g/mol. The van der Waals surface area contributed by atoms with Gasteiger partial charge in [0.1, 0.15) is 24.2 Å². The van der Waals surface area contributed by atoms with Gasteiger partial charge in [0.05, 0.1) is 6.61 Å². The lowest BCUT2D eigenvalue weighted by atomic mass is 10.1. The van der Waals surface area contributed by atoms with Crippen molar-refractivity contribution in [2.45, 2.75) is 71.3 Å². The van der Waals surface area contributed by atoms with E-state index in [-0.39, 0.29) is 6.10 Å². The molecule has 2 aromatic rings. The smallest absolute Gasteiger partial charge is 0.330 e. The minimum absolute atomic E-state index is 0.282. The van der Waals surface area contributed by atoms with Crippen molar-refractivity contribution in [3.8, 4) is 11.5 Å². The highest BCUT2D eigenvalue weighted by Gasteiger charge is 2.15. The van der Waals surface area contributed by atoms with Crippen LogP contribution in [0.4, 0.5) is 0 Å². The Bertz CT molecular complexity index is 784. The number of carbonyl (C=O) groups is 1. The van der Waals surface area contributed by atoms with Crippen LogP contribution in [0.2, 0.25) is 0 Å². The van der Waals surface area contributed by atoms with Crippen molar-refractivity contribution >= 4 is 16.7 Å². The summed E-state index contributed by atoms with van der Waals surface area (Å²) in [5.74, 6) is 1.25. The zero-order valence-electron chi connectivity index (χ0n) is 18.5. The van der Waals surface area contributed by atoms with Gasteiger partial charge in [-0.3, -0.25) is 0 Å². The largest absolute Gasteiger partial charge is 0.493 e. The van der Waals surface area contributed by atoms with Crippen LogP contribution in [0, 0.1) is 0 Å². The van der Waals surface area contributed by atoms with Crippen LogP contribution in [0.5, 0.6) is 11.5 Å². The maximum atomic E-state index is 11.7. The highest BCUT2D eigenvalue weighted by Crippen LogP contribution is 2.33. The molecule has 0 aromatic heterocycles. The number of benzene rings is 2. The van der Waals surface area contributed by atoms with Crippen molar-refractivity contribution < 1.29 is 19.0 Å². The van der Waals surface area contributed by atoms with Gasteiger partial charge in [-0.1, -0.05) is 76.8 Å². The summed E-state index contributed by atoms with van der Waals surface area (Å²) in [4.78, 5) is 11.7. The van der Waals surface area contributed by atoms with Crippen molar-refractivity contribution in [1.29, 1.82) is 0 Å². The summed E-state index contributed by atoms with van der Waals surface area (Å²) in [6.45, 7) is 8.90. The second kappa shape index (κ2) is 13.7. The Labute approximate surface area is 181 Å². The van der Waals surface area contributed by atoms with E-state index < -0.39 is 5.97 Å².